The van der Waals surface area contributed by atoms with E-state index in [9.17, 15) is 26.8 Å². The van der Waals surface area contributed by atoms with E-state index < -0.39 is 44.6 Å². The number of amides is 2. The van der Waals surface area contributed by atoms with Gasteiger partial charge in [-0.15, -0.1) is 0 Å². The Labute approximate surface area is 196 Å². The zero-order chi connectivity index (χ0) is 24.7. The minimum Gasteiger partial charge on any atom is -0.497 e. The van der Waals surface area contributed by atoms with Gasteiger partial charge in [-0.25, -0.2) is 17.2 Å². The van der Waals surface area contributed by atoms with Crippen molar-refractivity contribution in [1.82, 2.24) is 14.9 Å². The zero-order valence-electron chi connectivity index (χ0n) is 18.4. The van der Waals surface area contributed by atoms with Gasteiger partial charge in [0.2, 0.25) is 10.0 Å². The molecule has 1 unspecified atom stereocenters. The number of ether oxygens (including phenoxy) is 2. The van der Waals surface area contributed by atoms with Crippen molar-refractivity contribution >= 4 is 21.8 Å². The molecule has 2 amide bonds. The molecule has 34 heavy (non-hydrogen) atoms. The van der Waals surface area contributed by atoms with Crippen LogP contribution < -0.4 is 15.4 Å². The topological polar surface area (TPSA) is 114 Å². The first kappa shape index (κ1) is 25.5. The van der Waals surface area contributed by atoms with E-state index in [-0.39, 0.29) is 26.2 Å². The highest BCUT2D eigenvalue weighted by Gasteiger charge is 2.36. The fraction of sp³-hybridized carbons (Fsp3) is 0.364. The van der Waals surface area contributed by atoms with Crippen LogP contribution in [0.4, 0.5) is 8.78 Å². The predicted octanol–water partition coefficient (Wildman–Crippen LogP) is 1.19. The summed E-state index contributed by atoms with van der Waals surface area (Å²) in [6.45, 7) is 0.0396. The second-order valence-electron chi connectivity index (χ2n) is 7.43. The first-order valence-electron chi connectivity index (χ1n) is 10.5. The first-order chi connectivity index (χ1) is 16.2. The lowest BCUT2D eigenvalue weighted by Crippen LogP contribution is -2.53. The van der Waals surface area contributed by atoms with Gasteiger partial charge in [-0.1, -0.05) is 12.1 Å². The van der Waals surface area contributed by atoms with E-state index >= 15 is 0 Å². The summed E-state index contributed by atoms with van der Waals surface area (Å²) in [5, 5.41) is 4.81. The number of sulfonamides is 1. The van der Waals surface area contributed by atoms with Crippen molar-refractivity contribution in [3.8, 4) is 5.75 Å². The van der Waals surface area contributed by atoms with Crippen LogP contribution in [-0.2, 0) is 30.8 Å². The summed E-state index contributed by atoms with van der Waals surface area (Å²) < 4.78 is 64.8. The maximum absolute atomic E-state index is 14.1. The molecule has 1 atom stereocenters. The predicted molar refractivity (Wildman–Crippen MR) is 117 cm³/mol. The molecule has 1 aliphatic heterocycles. The van der Waals surface area contributed by atoms with Gasteiger partial charge in [0.25, 0.3) is 0 Å². The Kier molecular flexibility index (Phi) is 8.53. The second-order valence-corrected chi connectivity index (χ2v) is 9.29. The van der Waals surface area contributed by atoms with Gasteiger partial charge in [0.05, 0.1) is 20.3 Å². The number of nitrogens with zero attached hydrogens (tertiary/aromatic N) is 1. The SMILES string of the molecule is COc1ccc(CCNC(=O)C(=O)NCC2OCCCN2S(=O)(=O)c2cc(F)ccc2F)cc1. The summed E-state index contributed by atoms with van der Waals surface area (Å²) in [7, 11) is -2.89. The van der Waals surface area contributed by atoms with E-state index in [1.54, 1.807) is 19.2 Å². The van der Waals surface area contributed by atoms with Crippen molar-refractivity contribution in [2.24, 2.45) is 0 Å². The molecule has 0 aromatic heterocycles. The van der Waals surface area contributed by atoms with Gasteiger partial charge in [-0.05, 0) is 48.7 Å². The van der Waals surface area contributed by atoms with Crippen molar-refractivity contribution in [2.45, 2.75) is 24.0 Å². The van der Waals surface area contributed by atoms with Crippen LogP contribution in [0.2, 0.25) is 0 Å². The number of methoxy groups -OCH3 is 1. The van der Waals surface area contributed by atoms with Crippen LogP contribution in [0.3, 0.4) is 0 Å². The molecule has 12 heteroatoms. The van der Waals surface area contributed by atoms with Gasteiger partial charge in [0.1, 0.15) is 28.5 Å². The molecule has 184 valence electrons. The highest BCUT2D eigenvalue weighted by molar-refractivity contribution is 7.89. The Morgan fingerprint density at radius 2 is 1.82 bits per heavy atom. The Hall–Kier alpha value is -3.09. The van der Waals surface area contributed by atoms with Gasteiger partial charge >= 0.3 is 11.8 Å². The molecule has 2 aromatic rings. The van der Waals surface area contributed by atoms with Gasteiger partial charge in [-0.3, -0.25) is 9.59 Å². The van der Waals surface area contributed by atoms with E-state index in [0.717, 1.165) is 22.0 Å². The average Bonchev–Trinajstić information content (AvgIpc) is 2.84. The average molecular weight is 498 g/mol. The lowest BCUT2D eigenvalue weighted by atomic mass is 10.1. The molecule has 0 radical (unpaired) electrons. The summed E-state index contributed by atoms with van der Waals surface area (Å²) in [4.78, 5) is 23.4. The Morgan fingerprint density at radius 1 is 1.12 bits per heavy atom. The molecule has 0 spiro atoms. The van der Waals surface area contributed by atoms with Crippen molar-refractivity contribution in [3.05, 3.63) is 59.7 Å². The molecule has 1 fully saturated rings. The minimum absolute atomic E-state index is 0.0210. The molecule has 0 bridgehead atoms. The molecular weight excluding hydrogens is 472 g/mol. The molecular formula is C22H25F2N3O6S. The monoisotopic (exact) mass is 497 g/mol. The fourth-order valence-electron chi connectivity index (χ4n) is 3.36. The summed E-state index contributed by atoms with van der Waals surface area (Å²) in [6, 6.07) is 9.36. The Bertz CT molecular complexity index is 1130. The highest BCUT2D eigenvalue weighted by atomic mass is 32.2. The largest absolute Gasteiger partial charge is 0.497 e. The third-order valence-corrected chi connectivity index (χ3v) is 7.04. The quantitative estimate of drug-likeness (QED) is 0.530. The highest BCUT2D eigenvalue weighted by Crippen LogP contribution is 2.24. The Morgan fingerprint density at radius 3 is 2.53 bits per heavy atom. The van der Waals surface area contributed by atoms with E-state index in [1.807, 2.05) is 12.1 Å². The fourth-order valence-corrected chi connectivity index (χ4v) is 5.00. The molecule has 3 rings (SSSR count). The van der Waals surface area contributed by atoms with E-state index in [0.29, 0.717) is 24.7 Å². The molecule has 0 aliphatic carbocycles. The molecule has 2 N–H and O–H groups in total. The molecule has 9 nitrogen and oxygen atoms in total. The zero-order valence-corrected chi connectivity index (χ0v) is 19.2. The molecule has 1 heterocycles. The summed E-state index contributed by atoms with van der Waals surface area (Å²) in [5.41, 5.74) is 0.933. The number of hydrogen-bond donors (Lipinski definition) is 2. The van der Waals surface area contributed by atoms with Crippen LogP contribution in [0.25, 0.3) is 0 Å². The smallest absolute Gasteiger partial charge is 0.309 e. The standard InChI is InChI=1S/C22H25F2N3O6S/c1-32-17-6-3-15(4-7-17)9-10-25-21(28)22(29)26-14-20-27(11-2-12-33-20)34(30,31)19-13-16(23)5-8-18(19)24/h3-8,13,20H,2,9-12,14H2,1H3,(H,25,28)(H,26,29). The third kappa shape index (κ3) is 6.27. The lowest BCUT2D eigenvalue weighted by molar-refractivity contribution is -0.140. The molecule has 1 aliphatic rings. The number of carbonyl (C=O) groups is 2. The van der Waals surface area contributed by atoms with Gasteiger partial charge in [0.15, 0.2) is 0 Å². The van der Waals surface area contributed by atoms with E-state index in [4.69, 9.17) is 9.47 Å². The van der Waals surface area contributed by atoms with Crippen molar-refractivity contribution in [3.63, 3.8) is 0 Å². The maximum atomic E-state index is 14.1. The summed E-state index contributed by atoms with van der Waals surface area (Å²) in [6.07, 6.45) is -0.371. The third-order valence-electron chi connectivity index (χ3n) is 5.14. The van der Waals surface area contributed by atoms with E-state index in [1.165, 1.54) is 0 Å². The normalized spacial score (nSPS) is 16.6. The lowest BCUT2D eigenvalue weighted by Gasteiger charge is -2.34. The van der Waals surface area contributed by atoms with Gasteiger partial charge in [-0.2, -0.15) is 4.31 Å². The van der Waals surface area contributed by atoms with Gasteiger partial charge < -0.3 is 20.1 Å². The molecule has 0 saturated carbocycles. The van der Waals surface area contributed by atoms with Crippen molar-refractivity contribution in [1.29, 1.82) is 0 Å². The van der Waals surface area contributed by atoms with Crippen LogP contribution in [0.15, 0.2) is 47.4 Å². The molecule has 1 saturated heterocycles. The number of rotatable bonds is 8. The van der Waals surface area contributed by atoms with Gasteiger partial charge in [0, 0.05) is 13.1 Å². The molecule has 2 aromatic carbocycles. The van der Waals surface area contributed by atoms with E-state index in [2.05, 4.69) is 10.6 Å². The summed E-state index contributed by atoms with van der Waals surface area (Å²) in [5.74, 6) is -3.18. The first-order valence-corrected chi connectivity index (χ1v) is 11.9. The van der Waals surface area contributed by atoms with Crippen molar-refractivity contribution < 1.29 is 36.3 Å². The Balaban J connectivity index is 1.55. The maximum Gasteiger partial charge on any atom is 0.309 e. The number of hydrogen-bond acceptors (Lipinski definition) is 6. The van der Waals surface area contributed by atoms with Crippen molar-refractivity contribution in [2.75, 3.05) is 33.4 Å². The van der Waals surface area contributed by atoms with Crippen LogP contribution >= 0.6 is 0 Å². The number of carbonyl (C=O) groups excluding carboxylic acids is 2. The van der Waals surface area contributed by atoms with Crippen LogP contribution in [-0.4, -0.2) is 64.1 Å². The minimum atomic E-state index is -4.45. The van der Waals surface area contributed by atoms with Crippen LogP contribution in [0.1, 0.15) is 12.0 Å². The number of nitrogens with one attached hydrogen (secondary N) is 2. The second kappa shape index (κ2) is 11.4. The number of halogens is 2. The van der Waals surface area contributed by atoms with Crippen LogP contribution in [0.5, 0.6) is 5.75 Å². The number of benzene rings is 2. The summed E-state index contributed by atoms with van der Waals surface area (Å²) >= 11 is 0. The van der Waals surface area contributed by atoms with Crippen LogP contribution in [0, 0.1) is 11.6 Å².